The van der Waals surface area contributed by atoms with Crippen molar-refractivity contribution in [2.75, 3.05) is 41.3 Å². The molecule has 0 aliphatic carbocycles. The van der Waals surface area contributed by atoms with Crippen LogP contribution in [0, 0.1) is 18.3 Å². The zero-order chi connectivity index (χ0) is 20.9. The Morgan fingerprint density at radius 2 is 1.63 bits per heavy atom. The molecule has 1 fully saturated rings. The van der Waals surface area contributed by atoms with Gasteiger partial charge in [0.25, 0.3) is 5.91 Å². The van der Waals surface area contributed by atoms with E-state index in [-0.39, 0.29) is 5.91 Å². The topological polar surface area (TPSA) is 85.1 Å². The summed E-state index contributed by atoms with van der Waals surface area (Å²) in [6.07, 6.45) is 0. The molecule has 0 bridgehead atoms. The van der Waals surface area contributed by atoms with Crippen LogP contribution in [0.4, 0.5) is 17.2 Å². The molecule has 1 amide bonds. The van der Waals surface area contributed by atoms with E-state index in [9.17, 15) is 4.79 Å². The molecule has 7 nitrogen and oxygen atoms in total. The highest BCUT2D eigenvalue weighted by atomic mass is 16.1. The second-order valence-electron chi connectivity index (χ2n) is 7.11. The number of hydrogen-bond acceptors (Lipinski definition) is 6. The minimum atomic E-state index is -0.297. The summed E-state index contributed by atoms with van der Waals surface area (Å²) in [6, 6.07) is 20.9. The van der Waals surface area contributed by atoms with Gasteiger partial charge in [-0.25, -0.2) is 9.97 Å². The van der Waals surface area contributed by atoms with E-state index in [1.807, 2.05) is 18.2 Å². The molecular formula is C23H22N6O. The number of nitrogens with one attached hydrogen (secondary N) is 1. The van der Waals surface area contributed by atoms with Crippen LogP contribution in [0.15, 0.2) is 60.7 Å². The number of aryl methyl sites for hydroxylation is 1. The van der Waals surface area contributed by atoms with Crippen molar-refractivity contribution in [3.05, 3.63) is 77.7 Å². The summed E-state index contributed by atoms with van der Waals surface area (Å²) in [7, 11) is 0. The van der Waals surface area contributed by atoms with E-state index in [0.29, 0.717) is 22.8 Å². The van der Waals surface area contributed by atoms with Gasteiger partial charge in [-0.1, -0.05) is 18.2 Å². The van der Waals surface area contributed by atoms with Crippen molar-refractivity contribution in [1.82, 2.24) is 9.97 Å². The lowest BCUT2D eigenvalue weighted by molar-refractivity contribution is 0.102. The zero-order valence-corrected chi connectivity index (χ0v) is 16.7. The van der Waals surface area contributed by atoms with Gasteiger partial charge in [-0.05, 0) is 43.3 Å². The number of aromatic nitrogens is 2. The van der Waals surface area contributed by atoms with Crippen LogP contribution in [0.25, 0.3) is 0 Å². The van der Waals surface area contributed by atoms with Crippen molar-refractivity contribution in [3.8, 4) is 6.07 Å². The largest absolute Gasteiger partial charge is 0.368 e. The van der Waals surface area contributed by atoms with E-state index in [1.165, 1.54) is 5.69 Å². The van der Waals surface area contributed by atoms with Crippen LogP contribution < -0.4 is 15.1 Å². The Hall–Kier alpha value is -3.92. The predicted molar refractivity (Wildman–Crippen MR) is 117 cm³/mol. The molecule has 30 heavy (non-hydrogen) atoms. The van der Waals surface area contributed by atoms with Crippen LogP contribution in [0.1, 0.15) is 21.9 Å². The standard InChI is InChI=1S/C23H22N6O/c1-17-25-21(23(30)27-19-9-7-18(16-24)8-10-19)15-22(26-17)29-13-11-28(12-14-29)20-5-3-2-4-6-20/h2-10,15H,11-14H2,1H3,(H,27,30). The number of para-hydroxylation sites is 1. The SMILES string of the molecule is Cc1nc(C(=O)Nc2ccc(C#N)cc2)cc(N2CCN(c3ccccc3)CC2)n1. The molecule has 4 rings (SSSR count). The first-order valence-corrected chi connectivity index (χ1v) is 9.84. The van der Waals surface area contributed by atoms with E-state index in [1.54, 1.807) is 37.3 Å². The number of nitriles is 1. The summed E-state index contributed by atoms with van der Waals surface area (Å²) in [4.78, 5) is 26.1. The Bertz CT molecular complexity index is 1070. The van der Waals surface area contributed by atoms with Gasteiger partial charge in [0.05, 0.1) is 11.6 Å². The lowest BCUT2D eigenvalue weighted by Gasteiger charge is -2.36. The van der Waals surface area contributed by atoms with Gasteiger partial charge >= 0.3 is 0 Å². The van der Waals surface area contributed by atoms with Crippen molar-refractivity contribution in [2.24, 2.45) is 0 Å². The molecule has 3 aromatic rings. The molecule has 1 saturated heterocycles. The van der Waals surface area contributed by atoms with Gasteiger partial charge in [0.15, 0.2) is 0 Å². The summed E-state index contributed by atoms with van der Waals surface area (Å²) >= 11 is 0. The maximum absolute atomic E-state index is 12.7. The normalized spacial score (nSPS) is 13.6. The Kier molecular flexibility index (Phi) is 5.57. The van der Waals surface area contributed by atoms with Crippen LogP contribution >= 0.6 is 0 Å². The second-order valence-corrected chi connectivity index (χ2v) is 7.11. The molecule has 1 aliphatic rings. The smallest absolute Gasteiger partial charge is 0.274 e. The zero-order valence-electron chi connectivity index (χ0n) is 16.7. The molecule has 150 valence electrons. The summed E-state index contributed by atoms with van der Waals surface area (Å²) in [5, 5.41) is 11.7. The van der Waals surface area contributed by atoms with Crippen LogP contribution in [0.2, 0.25) is 0 Å². The number of carbonyl (C=O) groups excluding carboxylic acids is 1. The van der Waals surface area contributed by atoms with Crippen LogP contribution in [-0.4, -0.2) is 42.1 Å². The van der Waals surface area contributed by atoms with E-state index in [0.717, 1.165) is 32.0 Å². The van der Waals surface area contributed by atoms with Gasteiger partial charge in [0.1, 0.15) is 17.3 Å². The molecule has 0 unspecified atom stereocenters. The second kappa shape index (κ2) is 8.62. The monoisotopic (exact) mass is 398 g/mol. The molecule has 1 N–H and O–H groups in total. The third-order valence-corrected chi connectivity index (χ3v) is 5.05. The van der Waals surface area contributed by atoms with Crippen molar-refractivity contribution in [2.45, 2.75) is 6.92 Å². The summed E-state index contributed by atoms with van der Waals surface area (Å²) < 4.78 is 0. The van der Waals surface area contributed by atoms with Gasteiger partial charge in [0, 0.05) is 43.6 Å². The lowest BCUT2D eigenvalue weighted by Crippen LogP contribution is -2.47. The fraction of sp³-hybridized carbons (Fsp3) is 0.217. The van der Waals surface area contributed by atoms with Crippen LogP contribution in [0.5, 0.6) is 0 Å². The molecule has 0 spiro atoms. The first kappa shape index (κ1) is 19.4. The molecule has 1 aliphatic heterocycles. The van der Waals surface area contributed by atoms with Crippen molar-refractivity contribution >= 4 is 23.1 Å². The lowest BCUT2D eigenvalue weighted by atomic mass is 10.2. The van der Waals surface area contributed by atoms with Crippen molar-refractivity contribution in [3.63, 3.8) is 0 Å². The Morgan fingerprint density at radius 3 is 2.30 bits per heavy atom. The molecule has 0 saturated carbocycles. The third kappa shape index (κ3) is 4.39. The molecular weight excluding hydrogens is 376 g/mol. The van der Waals surface area contributed by atoms with Gasteiger partial charge in [-0.15, -0.1) is 0 Å². The van der Waals surface area contributed by atoms with E-state index >= 15 is 0 Å². The highest BCUT2D eigenvalue weighted by molar-refractivity contribution is 6.03. The van der Waals surface area contributed by atoms with Gasteiger partial charge < -0.3 is 15.1 Å². The third-order valence-electron chi connectivity index (χ3n) is 5.05. The minimum Gasteiger partial charge on any atom is -0.368 e. The number of rotatable bonds is 4. The fourth-order valence-electron chi connectivity index (χ4n) is 3.49. The fourth-order valence-corrected chi connectivity index (χ4v) is 3.49. The van der Waals surface area contributed by atoms with Crippen molar-refractivity contribution < 1.29 is 4.79 Å². The quantitative estimate of drug-likeness (QED) is 0.726. The molecule has 0 atom stereocenters. The van der Waals surface area contributed by atoms with Crippen LogP contribution in [-0.2, 0) is 0 Å². The molecule has 2 aromatic carbocycles. The Morgan fingerprint density at radius 1 is 0.967 bits per heavy atom. The number of hydrogen-bond donors (Lipinski definition) is 1. The molecule has 0 radical (unpaired) electrons. The number of piperazine rings is 1. The molecule has 1 aromatic heterocycles. The van der Waals surface area contributed by atoms with Crippen LogP contribution in [0.3, 0.4) is 0 Å². The minimum absolute atomic E-state index is 0.297. The first-order valence-electron chi connectivity index (χ1n) is 9.84. The average Bonchev–Trinajstić information content (AvgIpc) is 2.80. The number of amides is 1. The Balaban J connectivity index is 1.45. The van der Waals surface area contributed by atoms with Gasteiger partial charge in [0.2, 0.25) is 0 Å². The highest BCUT2D eigenvalue weighted by Gasteiger charge is 2.20. The molecule has 7 heteroatoms. The van der Waals surface area contributed by atoms with E-state index < -0.39 is 0 Å². The van der Waals surface area contributed by atoms with E-state index in [4.69, 9.17) is 5.26 Å². The molecule has 2 heterocycles. The summed E-state index contributed by atoms with van der Waals surface area (Å²) in [5.41, 5.74) is 2.71. The summed E-state index contributed by atoms with van der Waals surface area (Å²) in [6.45, 7) is 5.21. The van der Waals surface area contributed by atoms with Gasteiger partial charge in [-0.2, -0.15) is 5.26 Å². The predicted octanol–water partition coefficient (Wildman–Crippen LogP) is 3.24. The Labute approximate surface area is 175 Å². The average molecular weight is 398 g/mol. The van der Waals surface area contributed by atoms with Crippen molar-refractivity contribution in [1.29, 1.82) is 5.26 Å². The summed E-state index contributed by atoms with van der Waals surface area (Å²) in [5.74, 6) is 1.03. The van der Waals surface area contributed by atoms with E-state index in [2.05, 4.69) is 43.3 Å². The van der Waals surface area contributed by atoms with Gasteiger partial charge in [-0.3, -0.25) is 4.79 Å². The first-order chi connectivity index (χ1) is 14.6. The maximum Gasteiger partial charge on any atom is 0.274 e. The highest BCUT2D eigenvalue weighted by Crippen LogP contribution is 2.20. The number of nitrogens with zero attached hydrogens (tertiary/aromatic N) is 5. The number of anilines is 3. The number of carbonyl (C=O) groups is 1. The maximum atomic E-state index is 12.7. The number of benzene rings is 2.